The summed E-state index contributed by atoms with van der Waals surface area (Å²) in [5, 5.41) is 0.939. The fourth-order valence-electron chi connectivity index (χ4n) is 3.82. The van der Waals surface area contributed by atoms with Gasteiger partial charge in [0.05, 0.1) is 16.8 Å². The Labute approximate surface area is 181 Å². The summed E-state index contributed by atoms with van der Waals surface area (Å²) in [5.74, 6) is 0.133. The summed E-state index contributed by atoms with van der Waals surface area (Å²) in [4.78, 5) is 20.6. The Morgan fingerprint density at radius 2 is 1.50 bits per heavy atom. The molecule has 0 saturated heterocycles. The van der Waals surface area contributed by atoms with Gasteiger partial charge in [0, 0.05) is 24.0 Å². The van der Waals surface area contributed by atoms with Crippen LogP contribution >= 0.6 is 0 Å². The number of carbonyl (C=O) groups is 1. The zero-order valence-electron chi connectivity index (χ0n) is 18.7. The largest absolute Gasteiger partial charge is 0.339 e. The highest BCUT2D eigenvalue weighted by molar-refractivity contribution is 6.07. The number of aryl methyl sites for hydroxylation is 1. The molecule has 158 valence electrons. The molecule has 1 aromatic heterocycles. The Balaban J connectivity index is 1.99. The fraction of sp³-hybridized carbons (Fsp3) is 0.407. The lowest BCUT2D eigenvalue weighted by Crippen LogP contribution is -2.33. The summed E-state index contributed by atoms with van der Waals surface area (Å²) >= 11 is 0. The molecule has 0 fully saturated rings. The van der Waals surface area contributed by atoms with E-state index in [1.54, 1.807) is 0 Å². The van der Waals surface area contributed by atoms with E-state index in [0.717, 1.165) is 79.3 Å². The summed E-state index contributed by atoms with van der Waals surface area (Å²) < 4.78 is 0. The number of hydrogen-bond donors (Lipinski definition) is 0. The number of benzene rings is 2. The third-order valence-corrected chi connectivity index (χ3v) is 5.64. The van der Waals surface area contributed by atoms with Crippen molar-refractivity contribution >= 4 is 16.8 Å². The molecule has 1 amide bonds. The predicted octanol–water partition coefficient (Wildman–Crippen LogP) is 7.03. The summed E-state index contributed by atoms with van der Waals surface area (Å²) in [6, 6.07) is 18.3. The lowest BCUT2D eigenvalue weighted by Gasteiger charge is -2.24. The van der Waals surface area contributed by atoms with Crippen molar-refractivity contribution in [1.82, 2.24) is 9.88 Å². The first kappa shape index (κ1) is 22.0. The molecule has 3 aromatic rings. The highest BCUT2D eigenvalue weighted by Gasteiger charge is 2.19. The van der Waals surface area contributed by atoms with Gasteiger partial charge in [0.1, 0.15) is 0 Å². The molecule has 0 N–H and O–H groups in total. The number of pyridine rings is 1. The van der Waals surface area contributed by atoms with Crippen LogP contribution in [0.1, 0.15) is 68.3 Å². The maximum atomic E-state index is 13.7. The van der Waals surface area contributed by atoms with E-state index in [0.29, 0.717) is 0 Å². The van der Waals surface area contributed by atoms with Crippen LogP contribution in [0.15, 0.2) is 54.6 Å². The van der Waals surface area contributed by atoms with Crippen molar-refractivity contribution in [3.63, 3.8) is 0 Å². The van der Waals surface area contributed by atoms with Crippen molar-refractivity contribution in [2.24, 2.45) is 0 Å². The molecule has 0 bridgehead atoms. The predicted molar refractivity (Wildman–Crippen MR) is 127 cm³/mol. The minimum Gasteiger partial charge on any atom is -0.339 e. The van der Waals surface area contributed by atoms with Crippen molar-refractivity contribution in [1.29, 1.82) is 0 Å². The van der Waals surface area contributed by atoms with Gasteiger partial charge in [0.15, 0.2) is 0 Å². The first-order chi connectivity index (χ1) is 14.6. The Morgan fingerprint density at radius 3 is 2.13 bits per heavy atom. The molecule has 30 heavy (non-hydrogen) atoms. The molecule has 0 unspecified atom stereocenters. The molecule has 0 radical (unpaired) electrons. The lowest BCUT2D eigenvalue weighted by atomic mass is 10.0. The Morgan fingerprint density at radius 1 is 0.867 bits per heavy atom. The van der Waals surface area contributed by atoms with Gasteiger partial charge in [-0.25, -0.2) is 4.98 Å². The standard InChI is InChI=1S/C27H34N2O/c1-4-6-10-18-29(19-11-7-5-2)27(30)24-20-26(22-16-14-21(3)15-17-22)28-25-13-9-8-12-23(24)25/h8-9,12-17,20H,4-7,10-11,18-19H2,1-3H3. The summed E-state index contributed by atoms with van der Waals surface area (Å²) in [6.07, 6.45) is 6.75. The molecular formula is C27H34N2O. The molecule has 0 aliphatic heterocycles. The monoisotopic (exact) mass is 402 g/mol. The van der Waals surface area contributed by atoms with Crippen LogP contribution in [0.25, 0.3) is 22.2 Å². The van der Waals surface area contributed by atoms with Crippen LogP contribution in [0.2, 0.25) is 0 Å². The average molecular weight is 403 g/mol. The molecule has 3 nitrogen and oxygen atoms in total. The number of amides is 1. The maximum Gasteiger partial charge on any atom is 0.254 e. The van der Waals surface area contributed by atoms with E-state index < -0.39 is 0 Å². The van der Waals surface area contributed by atoms with E-state index in [9.17, 15) is 4.79 Å². The molecule has 1 heterocycles. The topological polar surface area (TPSA) is 33.2 Å². The number of hydrogen-bond acceptors (Lipinski definition) is 2. The molecule has 0 aliphatic rings. The number of rotatable bonds is 10. The van der Waals surface area contributed by atoms with Gasteiger partial charge in [0.25, 0.3) is 5.91 Å². The van der Waals surface area contributed by atoms with Crippen LogP contribution in [0.4, 0.5) is 0 Å². The van der Waals surface area contributed by atoms with E-state index in [-0.39, 0.29) is 5.91 Å². The maximum absolute atomic E-state index is 13.7. The normalized spacial score (nSPS) is 11.0. The van der Waals surface area contributed by atoms with Gasteiger partial charge in [-0.2, -0.15) is 0 Å². The summed E-state index contributed by atoms with van der Waals surface area (Å²) in [5.41, 5.74) is 4.77. The summed E-state index contributed by atoms with van der Waals surface area (Å²) in [7, 11) is 0. The van der Waals surface area contributed by atoms with Gasteiger partial charge in [-0.15, -0.1) is 0 Å². The van der Waals surface area contributed by atoms with Gasteiger partial charge in [-0.3, -0.25) is 4.79 Å². The molecule has 0 saturated carbocycles. The highest BCUT2D eigenvalue weighted by Crippen LogP contribution is 2.26. The average Bonchev–Trinajstić information content (AvgIpc) is 2.77. The summed E-state index contributed by atoms with van der Waals surface area (Å²) in [6.45, 7) is 8.14. The van der Waals surface area contributed by atoms with Crippen LogP contribution in [0.3, 0.4) is 0 Å². The van der Waals surface area contributed by atoms with Gasteiger partial charge in [-0.05, 0) is 31.9 Å². The van der Waals surface area contributed by atoms with Crippen molar-refractivity contribution in [3.05, 3.63) is 65.7 Å². The molecule has 2 aromatic carbocycles. The van der Waals surface area contributed by atoms with Gasteiger partial charge in [0.2, 0.25) is 0 Å². The Bertz CT molecular complexity index is 952. The third-order valence-electron chi connectivity index (χ3n) is 5.64. The fourth-order valence-corrected chi connectivity index (χ4v) is 3.82. The van der Waals surface area contributed by atoms with Crippen molar-refractivity contribution in [2.45, 2.75) is 59.3 Å². The smallest absolute Gasteiger partial charge is 0.254 e. The Kier molecular flexibility index (Phi) is 8.01. The number of carbonyl (C=O) groups excluding carboxylic acids is 1. The first-order valence-corrected chi connectivity index (χ1v) is 11.4. The number of aromatic nitrogens is 1. The zero-order valence-corrected chi connectivity index (χ0v) is 18.7. The van der Waals surface area contributed by atoms with E-state index >= 15 is 0 Å². The van der Waals surface area contributed by atoms with Crippen molar-refractivity contribution < 1.29 is 4.79 Å². The minimum atomic E-state index is 0.133. The second-order valence-corrected chi connectivity index (χ2v) is 8.14. The van der Waals surface area contributed by atoms with Gasteiger partial charge < -0.3 is 4.90 Å². The molecule has 3 rings (SSSR count). The van der Waals surface area contributed by atoms with Gasteiger partial charge in [-0.1, -0.05) is 87.6 Å². The first-order valence-electron chi connectivity index (χ1n) is 11.4. The third kappa shape index (κ3) is 5.47. The molecule has 0 aliphatic carbocycles. The SMILES string of the molecule is CCCCCN(CCCCC)C(=O)c1cc(-c2ccc(C)cc2)nc2ccccc12. The molecular weight excluding hydrogens is 368 g/mol. The van der Waals surface area contributed by atoms with E-state index in [4.69, 9.17) is 4.98 Å². The van der Waals surface area contributed by atoms with Crippen LogP contribution in [-0.4, -0.2) is 28.9 Å². The Hall–Kier alpha value is -2.68. The van der Waals surface area contributed by atoms with Crippen molar-refractivity contribution in [2.75, 3.05) is 13.1 Å². The van der Waals surface area contributed by atoms with Crippen LogP contribution in [0, 0.1) is 6.92 Å². The molecule has 3 heteroatoms. The zero-order chi connectivity index (χ0) is 21.3. The number of para-hydroxylation sites is 1. The van der Waals surface area contributed by atoms with Crippen LogP contribution < -0.4 is 0 Å². The van der Waals surface area contributed by atoms with Crippen molar-refractivity contribution in [3.8, 4) is 11.3 Å². The van der Waals surface area contributed by atoms with Gasteiger partial charge >= 0.3 is 0 Å². The number of nitrogens with zero attached hydrogens (tertiary/aromatic N) is 2. The highest BCUT2D eigenvalue weighted by atomic mass is 16.2. The van der Waals surface area contributed by atoms with Crippen LogP contribution in [0.5, 0.6) is 0 Å². The van der Waals surface area contributed by atoms with E-state index in [1.807, 2.05) is 30.3 Å². The van der Waals surface area contributed by atoms with E-state index in [2.05, 4.69) is 49.9 Å². The lowest BCUT2D eigenvalue weighted by molar-refractivity contribution is 0.0751. The van der Waals surface area contributed by atoms with E-state index in [1.165, 1.54) is 5.56 Å². The minimum absolute atomic E-state index is 0.133. The second-order valence-electron chi connectivity index (χ2n) is 8.14. The molecule has 0 spiro atoms. The van der Waals surface area contributed by atoms with Crippen LogP contribution in [-0.2, 0) is 0 Å². The molecule has 0 atom stereocenters. The number of unbranched alkanes of at least 4 members (excludes halogenated alkanes) is 4. The second kappa shape index (κ2) is 10.9. The number of fused-ring (bicyclic) bond motifs is 1. The quantitative estimate of drug-likeness (QED) is 0.341.